The van der Waals surface area contributed by atoms with Crippen LogP contribution in [-0.4, -0.2) is 0 Å². The van der Waals surface area contributed by atoms with Crippen LogP contribution in [0.1, 0.15) is 30.0 Å². The topological polar surface area (TPSA) is 44.8 Å². The summed E-state index contributed by atoms with van der Waals surface area (Å²) in [7, 11) is -4.06. The summed E-state index contributed by atoms with van der Waals surface area (Å²) in [6.45, 7) is 6.06. The van der Waals surface area contributed by atoms with Gasteiger partial charge in [-0.1, -0.05) is 67.9 Å². The molecule has 4 aromatic carbocycles. The highest BCUT2D eigenvalue weighted by molar-refractivity contribution is 7.49. The smallest absolute Gasteiger partial charge is 0.386 e. The average molecular weight is 446 g/mol. The van der Waals surface area contributed by atoms with E-state index in [2.05, 4.69) is 6.92 Å². The first-order chi connectivity index (χ1) is 15.4. The Balaban J connectivity index is 1.70. The van der Waals surface area contributed by atoms with Gasteiger partial charge in [-0.3, -0.25) is 0 Å². The van der Waals surface area contributed by atoms with Crippen LogP contribution in [0.4, 0.5) is 0 Å². The van der Waals surface area contributed by atoms with Gasteiger partial charge in [0.25, 0.3) is 0 Å². The van der Waals surface area contributed by atoms with E-state index in [0.717, 1.165) is 34.7 Å². The van der Waals surface area contributed by atoms with Gasteiger partial charge in [0, 0.05) is 5.39 Å². The highest BCUT2D eigenvalue weighted by Crippen LogP contribution is 2.51. The van der Waals surface area contributed by atoms with Crippen molar-refractivity contribution in [3.63, 3.8) is 0 Å². The first-order valence-corrected chi connectivity index (χ1v) is 12.2. The highest BCUT2D eigenvalue weighted by Gasteiger charge is 2.34. The lowest BCUT2D eigenvalue weighted by Gasteiger charge is -2.21. The van der Waals surface area contributed by atoms with Gasteiger partial charge in [-0.05, 0) is 72.7 Å². The predicted molar refractivity (Wildman–Crippen MR) is 130 cm³/mol. The standard InChI is InChI=1S/C27H27O4P/c1-4-8-22-13-15-24(16-14-22)29-32(28,30-25-18-20(2)17-21(3)19-25)31-27-12-7-10-23-9-5-6-11-26(23)27/h5-7,9-19H,4,8H2,1-3H3. The molecule has 0 spiro atoms. The summed E-state index contributed by atoms with van der Waals surface area (Å²) >= 11 is 0. The Hall–Kier alpha value is -3.23. The molecule has 164 valence electrons. The van der Waals surface area contributed by atoms with Crippen molar-refractivity contribution < 1.29 is 18.1 Å². The van der Waals surface area contributed by atoms with E-state index in [-0.39, 0.29) is 0 Å². The summed E-state index contributed by atoms with van der Waals surface area (Å²) in [5.41, 5.74) is 3.20. The van der Waals surface area contributed by atoms with Crippen molar-refractivity contribution >= 4 is 18.6 Å². The van der Waals surface area contributed by atoms with E-state index < -0.39 is 7.82 Å². The van der Waals surface area contributed by atoms with Crippen molar-refractivity contribution in [3.8, 4) is 17.2 Å². The number of hydrogen-bond acceptors (Lipinski definition) is 4. The summed E-state index contributed by atoms with van der Waals surface area (Å²) in [5.74, 6) is 1.31. The van der Waals surface area contributed by atoms with Crippen LogP contribution in [0.25, 0.3) is 10.8 Å². The number of rotatable bonds is 8. The van der Waals surface area contributed by atoms with E-state index in [1.165, 1.54) is 5.56 Å². The molecule has 0 N–H and O–H groups in total. The Kier molecular flexibility index (Phi) is 6.53. The molecule has 0 saturated carbocycles. The van der Waals surface area contributed by atoms with Crippen molar-refractivity contribution in [2.75, 3.05) is 0 Å². The quantitative estimate of drug-likeness (QED) is 0.257. The molecule has 32 heavy (non-hydrogen) atoms. The Morgan fingerprint density at radius 3 is 2.09 bits per heavy atom. The highest BCUT2D eigenvalue weighted by atomic mass is 31.2. The van der Waals surface area contributed by atoms with Crippen molar-refractivity contribution in [2.24, 2.45) is 0 Å². The third-order valence-corrected chi connectivity index (χ3v) is 6.34. The fraction of sp³-hybridized carbons (Fsp3) is 0.185. The third-order valence-electron chi connectivity index (χ3n) is 5.05. The Bertz CT molecular complexity index is 1240. The van der Waals surface area contributed by atoms with Crippen LogP contribution in [0.2, 0.25) is 0 Å². The first kappa shape index (κ1) is 22.0. The molecule has 5 heteroatoms. The van der Waals surface area contributed by atoms with Crippen LogP contribution in [0.15, 0.2) is 84.9 Å². The average Bonchev–Trinajstić information content (AvgIpc) is 2.75. The van der Waals surface area contributed by atoms with Gasteiger partial charge in [-0.25, -0.2) is 0 Å². The van der Waals surface area contributed by atoms with Gasteiger partial charge >= 0.3 is 7.82 Å². The van der Waals surface area contributed by atoms with Gasteiger partial charge in [0.2, 0.25) is 0 Å². The van der Waals surface area contributed by atoms with E-state index in [0.29, 0.717) is 17.2 Å². The molecule has 0 heterocycles. The lowest BCUT2D eigenvalue weighted by molar-refractivity contribution is 0.299. The number of hydrogen-bond donors (Lipinski definition) is 0. The number of phosphoric ester groups is 1. The minimum Gasteiger partial charge on any atom is -0.386 e. The Labute approximate surface area is 189 Å². The molecule has 0 aliphatic heterocycles. The number of benzene rings is 4. The summed E-state index contributed by atoms with van der Waals surface area (Å²) in [6, 6.07) is 26.6. The van der Waals surface area contributed by atoms with Crippen LogP contribution in [0, 0.1) is 13.8 Å². The normalized spacial score (nSPS) is 12.8. The van der Waals surface area contributed by atoms with Crippen molar-refractivity contribution in [2.45, 2.75) is 33.6 Å². The molecular weight excluding hydrogens is 419 g/mol. The third kappa shape index (κ3) is 5.33. The van der Waals surface area contributed by atoms with Crippen molar-refractivity contribution in [1.82, 2.24) is 0 Å². The molecular formula is C27H27O4P. The molecule has 0 amide bonds. The molecule has 0 bridgehead atoms. The number of fused-ring (bicyclic) bond motifs is 1. The maximum Gasteiger partial charge on any atom is 0.647 e. The van der Waals surface area contributed by atoms with Crippen LogP contribution in [0.3, 0.4) is 0 Å². The maximum absolute atomic E-state index is 13.9. The van der Waals surface area contributed by atoms with Crippen molar-refractivity contribution in [1.29, 1.82) is 0 Å². The molecule has 4 nitrogen and oxygen atoms in total. The summed E-state index contributed by atoms with van der Waals surface area (Å²) in [5, 5.41) is 1.81. The van der Waals surface area contributed by atoms with Gasteiger partial charge in [-0.15, -0.1) is 0 Å². The van der Waals surface area contributed by atoms with Crippen molar-refractivity contribution in [3.05, 3.63) is 102 Å². The summed E-state index contributed by atoms with van der Waals surface area (Å²) < 4.78 is 31.7. The first-order valence-electron chi connectivity index (χ1n) is 10.8. The number of phosphoric acid groups is 1. The predicted octanol–water partition coefficient (Wildman–Crippen LogP) is 8.05. The minimum absolute atomic E-state index is 0.429. The lowest BCUT2D eigenvalue weighted by Crippen LogP contribution is -2.08. The fourth-order valence-electron chi connectivity index (χ4n) is 3.70. The summed E-state index contributed by atoms with van der Waals surface area (Å²) in [4.78, 5) is 0. The van der Waals surface area contributed by atoms with Gasteiger partial charge in [0.15, 0.2) is 0 Å². The molecule has 0 aliphatic carbocycles. The molecule has 4 rings (SSSR count). The monoisotopic (exact) mass is 446 g/mol. The second-order valence-electron chi connectivity index (χ2n) is 7.92. The van der Waals surface area contributed by atoms with Gasteiger partial charge in [0.05, 0.1) is 0 Å². The molecule has 1 unspecified atom stereocenters. The Morgan fingerprint density at radius 1 is 0.719 bits per heavy atom. The zero-order chi connectivity index (χ0) is 22.6. The van der Waals surface area contributed by atoms with Crippen LogP contribution >= 0.6 is 7.82 Å². The molecule has 4 aromatic rings. The summed E-state index contributed by atoms with van der Waals surface area (Å²) in [6.07, 6.45) is 2.03. The lowest BCUT2D eigenvalue weighted by atomic mass is 10.1. The van der Waals surface area contributed by atoms with Crippen LogP contribution in [0.5, 0.6) is 17.2 Å². The molecule has 0 radical (unpaired) electrons. The van der Waals surface area contributed by atoms with E-state index in [1.807, 2.05) is 80.6 Å². The number of aryl methyl sites for hydroxylation is 3. The van der Waals surface area contributed by atoms with Gasteiger partial charge in [0.1, 0.15) is 17.2 Å². The Morgan fingerprint density at radius 2 is 1.38 bits per heavy atom. The maximum atomic E-state index is 13.9. The minimum atomic E-state index is -4.06. The second kappa shape index (κ2) is 9.50. The zero-order valence-electron chi connectivity index (χ0n) is 18.6. The molecule has 0 aromatic heterocycles. The molecule has 0 fully saturated rings. The van der Waals surface area contributed by atoms with E-state index in [1.54, 1.807) is 18.2 Å². The molecule has 1 atom stereocenters. The van der Waals surface area contributed by atoms with Gasteiger partial charge in [-0.2, -0.15) is 4.57 Å². The van der Waals surface area contributed by atoms with Crippen LogP contribution < -0.4 is 13.6 Å². The van der Waals surface area contributed by atoms with Gasteiger partial charge < -0.3 is 13.6 Å². The van der Waals surface area contributed by atoms with E-state index in [4.69, 9.17) is 13.6 Å². The van der Waals surface area contributed by atoms with E-state index in [9.17, 15) is 4.57 Å². The molecule has 0 saturated heterocycles. The zero-order valence-corrected chi connectivity index (χ0v) is 19.5. The second-order valence-corrected chi connectivity index (χ2v) is 9.36. The molecule has 0 aliphatic rings. The fourth-order valence-corrected chi connectivity index (χ4v) is 4.96. The van der Waals surface area contributed by atoms with E-state index >= 15 is 0 Å². The largest absolute Gasteiger partial charge is 0.647 e. The van der Waals surface area contributed by atoms with Crippen LogP contribution in [-0.2, 0) is 11.0 Å². The SMILES string of the molecule is CCCc1ccc(OP(=O)(Oc2cc(C)cc(C)c2)Oc2cccc3ccccc23)cc1.